The van der Waals surface area contributed by atoms with Crippen molar-refractivity contribution in [2.45, 2.75) is 88.2 Å². The molecule has 0 unspecified atom stereocenters. The molecule has 0 bridgehead atoms. The van der Waals surface area contributed by atoms with Crippen LogP contribution in [0.5, 0.6) is 0 Å². The first-order chi connectivity index (χ1) is 13.7. The van der Waals surface area contributed by atoms with Gasteiger partial charge >= 0.3 is 0 Å². The lowest BCUT2D eigenvalue weighted by atomic mass is 9.80. The van der Waals surface area contributed by atoms with Gasteiger partial charge in [0.05, 0.1) is 4.90 Å². The third-order valence-corrected chi connectivity index (χ3v) is 9.81. The maximum Gasteiger partial charge on any atom is 0.243 e. The zero-order valence-corrected chi connectivity index (χ0v) is 20.2. The summed E-state index contributed by atoms with van der Waals surface area (Å²) in [5, 5.41) is 0. The normalized spacial score (nSPS) is 24.5. The zero-order valence-electron chi connectivity index (χ0n) is 18.5. The van der Waals surface area contributed by atoms with Crippen LogP contribution in [0.4, 0.5) is 0 Å². The van der Waals surface area contributed by atoms with E-state index in [1.165, 1.54) is 43.4 Å². The molecule has 1 saturated heterocycles. The number of thioether (sulfide) groups is 1. The van der Waals surface area contributed by atoms with Crippen LogP contribution in [0.15, 0.2) is 29.2 Å². The molecule has 0 amide bonds. The smallest absolute Gasteiger partial charge is 0.207 e. The van der Waals surface area contributed by atoms with Gasteiger partial charge in [0.1, 0.15) is 0 Å². The highest BCUT2D eigenvalue weighted by Gasteiger charge is 2.26. The Balaban J connectivity index is 1.49. The minimum atomic E-state index is -3.32. The standard InChI is InChI=1S/C24H39NO2S2/c1-24(2,3)28-19-22-14-11-20(12-15-22)10-13-21-8-7-9-23(18-21)29(26,27)25-16-5-4-6-17-25/h7-9,18,20,22H,4-6,10-17,19H2,1-3H3. The Morgan fingerprint density at radius 3 is 2.31 bits per heavy atom. The highest BCUT2D eigenvalue weighted by Crippen LogP contribution is 2.36. The molecular formula is C24H39NO2S2. The third-order valence-electron chi connectivity index (χ3n) is 6.41. The van der Waals surface area contributed by atoms with E-state index in [0.717, 1.165) is 37.5 Å². The molecule has 1 heterocycles. The summed E-state index contributed by atoms with van der Waals surface area (Å²) in [6.45, 7) is 8.27. The molecule has 3 nitrogen and oxygen atoms in total. The maximum atomic E-state index is 12.9. The highest BCUT2D eigenvalue weighted by molar-refractivity contribution is 8.00. The summed E-state index contributed by atoms with van der Waals surface area (Å²) in [6.07, 6.45) is 10.7. The molecule has 0 spiro atoms. The van der Waals surface area contributed by atoms with E-state index in [1.807, 2.05) is 12.1 Å². The first-order valence-electron chi connectivity index (χ1n) is 11.5. The fourth-order valence-electron chi connectivity index (χ4n) is 4.54. The van der Waals surface area contributed by atoms with Gasteiger partial charge in [0.15, 0.2) is 0 Å². The number of nitrogens with zero attached hydrogens (tertiary/aromatic N) is 1. The molecular weight excluding hydrogens is 398 g/mol. The molecule has 29 heavy (non-hydrogen) atoms. The van der Waals surface area contributed by atoms with Crippen LogP contribution in [0, 0.1) is 11.8 Å². The second kappa shape index (κ2) is 10.2. The van der Waals surface area contributed by atoms with Crippen molar-refractivity contribution in [3.63, 3.8) is 0 Å². The van der Waals surface area contributed by atoms with Crippen molar-refractivity contribution < 1.29 is 8.42 Å². The van der Waals surface area contributed by atoms with E-state index in [9.17, 15) is 8.42 Å². The molecule has 1 aromatic rings. The minimum Gasteiger partial charge on any atom is -0.207 e. The average molecular weight is 438 g/mol. The third kappa shape index (κ3) is 7.00. The number of benzene rings is 1. The predicted octanol–water partition coefficient (Wildman–Crippen LogP) is 6.13. The van der Waals surface area contributed by atoms with Crippen LogP contribution in [0.2, 0.25) is 0 Å². The van der Waals surface area contributed by atoms with Gasteiger partial charge in [-0.3, -0.25) is 0 Å². The van der Waals surface area contributed by atoms with Gasteiger partial charge in [-0.1, -0.05) is 52.2 Å². The second-order valence-corrected chi connectivity index (χ2v) is 13.7. The molecule has 1 aliphatic heterocycles. The maximum absolute atomic E-state index is 12.9. The Labute approximate surface area is 183 Å². The lowest BCUT2D eigenvalue weighted by Gasteiger charge is -2.30. The monoisotopic (exact) mass is 437 g/mol. The van der Waals surface area contributed by atoms with Crippen LogP contribution in [0.25, 0.3) is 0 Å². The van der Waals surface area contributed by atoms with Crippen molar-refractivity contribution in [1.82, 2.24) is 4.31 Å². The van der Waals surface area contributed by atoms with E-state index in [1.54, 1.807) is 10.4 Å². The van der Waals surface area contributed by atoms with E-state index in [0.29, 0.717) is 22.7 Å². The molecule has 3 rings (SSSR count). The first kappa shape index (κ1) is 23.1. The number of rotatable bonds is 7. The van der Waals surface area contributed by atoms with E-state index in [-0.39, 0.29) is 0 Å². The first-order valence-corrected chi connectivity index (χ1v) is 13.9. The lowest BCUT2D eigenvalue weighted by molar-refractivity contribution is 0.280. The van der Waals surface area contributed by atoms with Gasteiger partial charge in [0.25, 0.3) is 0 Å². The Kier molecular flexibility index (Phi) is 8.14. The van der Waals surface area contributed by atoms with Gasteiger partial charge in [0, 0.05) is 17.8 Å². The van der Waals surface area contributed by atoms with E-state index in [2.05, 4.69) is 38.6 Å². The largest absolute Gasteiger partial charge is 0.243 e. The van der Waals surface area contributed by atoms with Crippen molar-refractivity contribution >= 4 is 21.8 Å². The topological polar surface area (TPSA) is 37.4 Å². The van der Waals surface area contributed by atoms with Gasteiger partial charge in [-0.05, 0) is 73.8 Å². The van der Waals surface area contributed by atoms with Crippen molar-refractivity contribution in [3.8, 4) is 0 Å². The van der Waals surface area contributed by atoms with Crippen molar-refractivity contribution in [2.24, 2.45) is 11.8 Å². The number of sulfonamides is 1. The molecule has 0 atom stereocenters. The molecule has 5 heteroatoms. The summed E-state index contributed by atoms with van der Waals surface area (Å²) >= 11 is 2.11. The number of hydrogen-bond donors (Lipinski definition) is 0. The Morgan fingerprint density at radius 2 is 1.66 bits per heavy atom. The summed E-state index contributed by atoms with van der Waals surface area (Å²) in [5.74, 6) is 2.98. The fourth-order valence-corrected chi connectivity index (χ4v) is 7.20. The number of hydrogen-bond acceptors (Lipinski definition) is 3. The summed E-state index contributed by atoms with van der Waals surface area (Å²) < 4.78 is 27.9. The van der Waals surface area contributed by atoms with Crippen LogP contribution in [0.1, 0.15) is 77.7 Å². The molecule has 164 valence electrons. The number of aryl methyl sites for hydroxylation is 1. The molecule has 1 aliphatic carbocycles. The van der Waals surface area contributed by atoms with E-state index >= 15 is 0 Å². The summed E-state index contributed by atoms with van der Waals surface area (Å²) in [5.41, 5.74) is 1.17. The summed E-state index contributed by atoms with van der Waals surface area (Å²) in [6, 6.07) is 7.72. The molecule has 2 fully saturated rings. The van der Waals surface area contributed by atoms with Gasteiger partial charge in [0.2, 0.25) is 10.0 Å². The second-order valence-electron chi connectivity index (χ2n) is 9.96. The SMILES string of the molecule is CC(C)(C)SCC1CCC(CCc2cccc(S(=O)(=O)N3CCCCC3)c2)CC1. The van der Waals surface area contributed by atoms with Gasteiger partial charge in [-0.25, -0.2) is 8.42 Å². The molecule has 0 aromatic heterocycles. The zero-order chi connectivity index (χ0) is 20.9. The Hall–Kier alpha value is -0.520. The fraction of sp³-hybridized carbons (Fsp3) is 0.750. The van der Waals surface area contributed by atoms with Crippen LogP contribution < -0.4 is 0 Å². The van der Waals surface area contributed by atoms with Crippen LogP contribution >= 0.6 is 11.8 Å². The Morgan fingerprint density at radius 1 is 1.00 bits per heavy atom. The highest BCUT2D eigenvalue weighted by atomic mass is 32.2. The van der Waals surface area contributed by atoms with Gasteiger partial charge in [-0.15, -0.1) is 0 Å². The quantitative estimate of drug-likeness (QED) is 0.515. The summed E-state index contributed by atoms with van der Waals surface area (Å²) in [4.78, 5) is 0.486. The molecule has 1 aromatic carbocycles. The van der Waals surface area contributed by atoms with Gasteiger partial charge in [-0.2, -0.15) is 16.1 Å². The molecule has 0 radical (unpaired) electrons. The van der Waals surface area contributed by atoms with Crippen molar-refractivity contribution in [3.05, 3.63) is 29.8 Å². The van der Waals surface area contributed by atoms with Crippen LogP contribution in [-0.4, -0.2) is 36.3 Å². The van der Waals surface area contributed by atoms with Crippen molar-refractivity contribution in [2.75, 3.05) is 18.8 Å². The molecule has 1 saturated carbocycles. The summed E-state index contributed by atoms with van der Waals surface area (Å²) in [7, 11) is -3.32. The molecule has 2 aliphatic rings. The predicted molar refractivity (Wildman–Crippen MR) is 125 cm³/mol. The average Bonchev–Trinajstić information content (AvgIpc) is 2.72. The molecule has 0 N–H and O–H groups in total. The van der Waals surface area contributed by atoms with Crippen molar-refractivity contribution in [1.29, 1.82) is 0 Å². The van der Waals surface area contributed by atoms with E-state index < -0.39 is 10.0 Å². The van der Waals surface area contributed by atoms with E-state index in [4.69, 9.17) is 0 Å². The Bertz CT molecular complexity index is 740. The lowest BCUT2D eigenvalue weighted by Crippen LogP contribution is -2.35. The van der Waals surface area contributed by atoms with Crippen LogP contribution in [-0.2, 0) is 16.4 Å². The number of piperidine rings is 1. The van der Waals surface area contributed by atoms with Crippen LogP contribution in [0.3, 0.4) is 0 Å². The van der Waals surface area contributed by atoms with Gasteiger partial charge < -0.3 is 0 Å². The minimum absolute atomic E-state index is 0.371.